The number of methoxy groups -OCH3 is 2. The van der Waals surface area contributed by atoms with Crippen LogP contribution in [-0.4, -0.2) is 42.7 Å². The van der Waals surface area contributed by atoms with E-state index in [1.807, 2.05) is 0 Å². The van der Waals surface area contributed by atoms with E-state index in [0.29, 0.717) is 29.5 Å². The van der Waals surface area contributed by atoms with Crippen LogP contribution in [-0.2, 0) is 20.3 Å². The molecule has 0 aliphatic carbocycles. The monoisotopic (exact) mass is 300 g/mol. The molecule has 0 aliphatic heterocycles. The molecular formula is C13H20N2O4S. The first kappa shape index (κ1) is 16.5. The molecule has 0 aromatic heterocycles. The molecule has 0 heterocycles. The van der Waals surface area contributed by atoms with Gasteiger partial charge in [-0.15, -0.1) is 0 Å². The van der Waals surface area contributed by atoms with Crippen LogP contribution in [0.3, 0.4) is 0 Å². The Labute approximate surface area is 121 Å². The molecule has 2 atom stereocenters. The topological polar surface area (TPSA) is 90.7 Å². The molecule has 1 aromatic rings. The van der Waals surface area contributed by atoms with Crippen LogP contribution in [0.5, 0.6) is 5.75 Å². The van der Waals surface area contributed by atoms with E-state index in [4.69, 9.17) is 15.2 Å². The summed E-state index contributed by atoms with van der Waals surface area (Å²) in [5.74, 6) is 0.124. The summed E-state index contributed by atoms with van der Waals surface area (Å²) in [4.78, 5) is 12.3. The number of anilines is 1. The Balaban J connectivity index is 2.81. The molecule has 0 fully saturated rings. The molecule has 2 unspecified atom stereocenters. The Morgan fingerprint density at radius 3 is 2.75 bits per heavy atom. The number of nitrogen functional groups attached to an aromatic ring is 1. The second-order valence-electron chi connectivity index (χ2n) is 4.13. The fraction of sp³-hybridized carbons (Fsp3) is 0.462. The van der Waals surface area contributed by atoms with Crippen molar-refractivity contribution in [3.8, 4) is 5.75 Å². The van der Waals surface area contributed by atoms with Gasteiger partial charge in [0, 0.05) is 25.4 Å². The number of carbonyl (C=O) groups excluding carboxylic acids is 1. The number of nitrogens with two attached hydrogens (primary N) is 1. The summed E-state index contributed by atoms with van der Waals surface area (Å²) < 4.78 is 22.4. The first-order chi connectivity index (χ1) is 9.51. The smallest absolute Gasteiger partial charge is 0.235 e. The Morgan fingerprint density at radius 1 is 1.45 bits per heavy atom. The third kappa shape index (κ3) is 4.21. The predicted octanol–water partition coefficient (Wildman–Crippen LogP) is 0.536. The zero-order valence-electron chi connectivity index (χ0n) is 11.8. The van der Waals surface area contributed by atoms with Gasteiger partial charge in [0.15, 0.2) is 0 Å². The lowest BCUT2D eigenvalue weighted by molar-refractivity contribution is -0.120. The molecule has 3 N–H and O–H groups in total. The minimum atomic E-state index is -1.52. The molecule has 0 saturated carbocycles. The van der Waals surface area contributed by atoms with Crippen molar-refractivity contribution in [2.45, 2.75) is 17.1 Å². The largest absolute Gasteiger partial charge is 0.495 e. The number of hydrogen-bond acceptors (Lipinski definition) is 5. The van der Waals surface area contributed by atoms with Crippen LogP contribution in [0.1, 0.15) is 6.92 Å². The number of hydrogen-bond donors (Lipinski definition) is 2. The molecule has 0 aliphatic rings. The lowest BCUT2D eigenvalue weighted by atomic mass is 10.3. The van der Waals surface area contributed by atoms with Gasteiger partial charge in [-0.2, -0.15) is 0 Å². The summed E-state index contributed by atoms with van der Waals surface area (Å²) in [6, 6.07) is 4.83. The number of benzene rings is 1. The predicted molar refractivity (Wildman–Crippen MR) is 78.2 cm³/mol. The molecule has 0 spiro atoms. The summed E-state index contributed by atoms with van der Waals surface area (Å²) in [6.07, 6.45) is 0. The van der Waals surface area contributed by atoms with Crippen LogP contribution in [0.25, 0.3) is 0 Å². The van der Waals surface area contributed by atoms with Gasteiger partial charge < -0.3 is 20.5 Å². The first-order valence-corrected chi connectivity index (χ1v) is 7.33. The van der Waals surface area contributed by atoms with Crippen molar-refractivity contribution >= 4 is 22.4 Å². The Morgan fingerprint density at radius 2 is 2.15 bits per heavy atom. The van der Waals surface area contributed by atoms with E-state index in [9.17, 15) is 9.00 Å². The van der Waals surface area contributed by atoms with Gasteiger partial charge in [-0.1, -0.05) is 0 Å². The van der Waals surface area contributed by atoms with Crippen molar-refractivity contribution < 1.29 is 18.5 Å². The number of ether oxygens (including phenoxy) is 2. The molecule has 20 heavy (non-hydrogen) atoms. The number of amides is 1. The molecule has 1 aromatic carbocycles. The van der Waals surface area contributed by atoms with Crippen LogP contribution in [0.2, 0.25) is 0 Å². The van der Waals surface area contributed by atoms with E-state index in [1.54, 1.807) is 32.2 Å². The molecule has 112 valence electrons. The highest BCUT2D eigenvalue weighted by atomic mass is 32.2. The lowest BCUT2D eigenvalue weighted by Crippen LogP contribution is -2.37. The lowest BCUT2D eigenvalue weighted by Gasteiger charge is -2.14. The van der Waals surface area contributed by atoms with Crippen LogP contribution >= 0.6 is 0 Å². The third-order valence-electron chi connectivity index (χ3n) is 2.70. The summed E-state index contributed by atoms with van der Waals surface area (Å²) in [6.45, 7) is 2.40. The summed E-state index contributed by atoms with van der Waals surface area (Å²) >= 11 is 0. The van der Waals surface area contributed by atoms with Gasteiger partial charge in [-0.3, -0.25) is 9.00 Å². The second kappa shape index (κ2) is 7.86. The van der Waals surface area contributed by atoms with Gasteiger partial charge in [0.25, 0.3) is 0 Å². The standard InChI is InChI=1S/C13H20N2O4S/c1-9(13(16)15-6-7-18-2)20(17)12-5-4-10(14)8-11(12)19-3/h4-5,8-9H,6-7,14H2,1-3H3,(H,15,16). The summed E-state index contributed by atoms with van der Waals surface area (Å²) in [5, 5.41) is 1.97. The summed E-state index contributed by atoms with van der Waals surface area (Å²) in [7, 11) is 1.50. The highest BCUT2D eigenvalue weighted by Gasteiger charge is 2.23. The minimum Gasteiger partial charge on any atom is -0.495 e. The van der Waals surface area contributed by atoms with E-state index in [1.165, 1.54) is 7.11 Å². The van der Waals surface area contributed by atoms with Crippen molar-refractivity contribution in [2.75, 3.05) is 33.1 Å². The molecule has 7 heteroatoms. The SMILES string of the molecule is COCCNC(=O)C(C)S(=O)c1ccc(N)cc1OC. The van der Waals surface area contributed by atoms with Crippen molar-refractivity contribution in [1.29, 1.82) is 0 Å². The van der Waals surface area contributed by atoms with Gasteiger partial charge in [0.2, 0.25) is 5.91 Å². The fourth-order valence-electron chi connectivity index (χ4n) is 1.56. The Hall–Kier alpha value is -1.60. The van der Waals surface area contributed by atoms with Crippen LogP contribution in [0.4, 0.5) is 5.69 Å². The van der Waals surface area contributed by atoms with Crippen molar-refractivity contribution in [3.63, 3.8) is 0 Å². The Kier molecular flexibility index (Phi) is 6.47. The van der Waals surface area contributed by atoms with Gasteiger partial charge in [0.1, 0.15) is 11.0 Å². The zero-order valence-corrected chi connectivity index (χ0v) is 12.7. The van der Waals surface area contributed by atoms with Crippen LogP contribution in [0, 0.1) is 0 Å². The normalized spacial score (nSPS) is 13.6. The highest BCUT2D eigenvalue weighted by Crippen LogP contribution is 2.26. The average Bonchev–Trinajstić information content (AvgIpc) is 2.45. The van der Waals surface area contributed by atoms with Gasteiger partial charge in [0.05, 0.1) is 29.4 Å². The molecule has 1 amide bonds. The molecule has 1 rings (SSSR count). The average molecular weight is 300 g/mol. The maximum Gasteiger partial charge on any atom is 0.235 e. The van der Waals surface area contributed by atoms with Gasteiger partial charge in [-0.25, -0.2) is 0 Å². The van der Waals surface area contributed by atoms with Crippen LogP contribution in [0.15, 0.2) is 23.1 Å². The Bertz CT molecular complexity index is 493. The van der Waals surface area contributed by atoms with Crippen molar-refractivity contribution in [2.24, 2.45) is 0 Å². The maximum absolute atomic E-state index is 12.4. The van der Waals surface area contributed by atoms with Gasteiger partial charge >= 0.3 is 0 Å². The minimum absolute atomic E-state index is 0.292. The highest BCUT2D eigenvalue weighted by molar-refractivity contribution is 7.86. The van der Waals surface area contributed by atoms with E-state index in [2.05, 4.69) is 5.32 Å². The molecule has 6 nitrogen and oxygen atoms in total. The quantitative estimate of drug-likeness (QED) is 0.566. The maximum atomic E-state index is 12.4. The van der Waals surface area contributed by atoms with E-state index >= 15 is 0 Å². The fourth-order valence-corrected chi connectivity index (χ4v) is 2.76. The number of nitrogens with one attached hydrogen (secondary N) is 1. The zero-order chi connectivity index (χ0) is 15.1. The van der Waals surface area contributed by atoms with E-state index in [-0.39, 0.29) is 5.91 Å². The van der Waals surface area contributed by atoms with Crippen LogP contribution < -0.4 is 15.8 Å². The van der Waals surface area contributed by atoms with E-state index in [0.717, 1.165) is 0 Å². The number of carbonyl (C=O) groups is 1. The van der Waals surface area contributed by atoms with E-state index < -0.39 is 16.0 Å². The van der Waals surface area contributed by atoms with Crippen molar-refractivity contribution in [3.05, 3.63) is 18.2 Å². The molecule has 0 bridgehead atoms. The van der Waals surface area contributed by atoms with Crippen molar-refractivity contribution in [1.82, 2.24) is 5.32 Å². The number of rotatable bonds is 7. The third-order valence-corrected chi connectivity index (χ3v) is 4.33. The first-order valence-electron chi connectivity index (χ1n) is 6.12. The summed E-state index contributed by atoms with van der Waals surface area (Å²) in [5.41, 5.74) is 6.16. The molecule has 0 saturated heterocycles. The molecular weight excluding hydrogens is 280 g/mol. The molecule has 0 radical (unpaired) electrons. The second-order valence-corrected chi connectivity index (χ2v) is 5.88. The van der Waals surface area contributed by atoms with Gasteiger partial charge in [-0.05, 0) is 19.1 Å².